The fraction of sp³-hybridized carbons (Fsp3) is 0.265. The minimum atomic E-state index is 0.217. The first-order chi connectivity index (χ1) is 19.6. The molecule has 40 heavy (non-hydrogen) atoms. The van der Waals surface area contributed by atoms with Crippen LogP contribution >= 0.6 is 0 Å². The largest absolute Gasteiger partial charge is 0.383 e. The van der Waals surface area contributed by atoms with Gasteiger partial charge in [0.1, 0.15) is 11.7 Å². The lowest BCUT2D eigenvalue weighted by atomic mass is 9.93. The van der Waals surface area contributed by atoms with E-state index in [0.29, 0.717) is 12.3 Å². The molecule has 0 aromatic heterocycles. The number of nitrogens with zero attached hydrogens (tertiary/aromatic N) is 3. The van der Waals surface area contributed by atoms with Crippen molar-refractivity contribution in [3.8, 4) is 11.1 Å². The van der Waals surface area contributed by atoms with Gasteiger partial charge in [-0.05, 0) is 61.6 Å². The molecule has 6 heteroatoms. The van der Waals surface area contributed by atoms with Crippen LogP contribution in [0.5, 0.6) is 0 Å². The molecule has 206 valence electrons. The van der Waals surface area contributed by atoms with Crippen LogP contribution in [-0.2, 0) is 11.2 Å². The van der Waals surface area contributed by atoms with Gasteiger partial charge in [-0.25, -0.2) is 4.99 Å². The minimum Gasteiger partial charge on any atom is -0.383 e. The summed E-state index contributed by atoms with van der Waals surface area (Å²) in [5.41, 5.74) is 19.0. The quantitative estimate of drug-likeness (QED) is 0.174. The van der Waals surface area contributed by atoms with Crippen molar-refractivity contribution in [3.63, 3.8) is 0 Å². The van der Waals surface area contributed by atoms with Gasteiger partial charge in [0.15, 0.2) is 0 Å². The third kappa shape index (κ3) is 6.46. The number of carbonyl (C=O) groups excluding carboxylic acids is 1. The van der Waals surface area contributed by atoms with Gasteiger partial charge < -0.3 is 11.5 Å². The second-order valence-electron chi connectivity index (χ2n) is 9.93. The van der Waals surface area contributed by atoms with Gasteiger partial charge in [-0.3, -0.25) is 9.69 Å². The normalized spacial score (nSPS) is 15.4. The van der Waals surface area contributed by atoms with Crippen LogP contribution in [0.2, 0.25) is 0 Å². The summed E-state index contributed by atoms with van der Waals surface area (Å²) < 4.78 is 0. The number of hydrogen-bond acceptors (Lipinski definition) is 4. The first-order valence-electron chi connectivity index (χ1n) is 14.0. The van der Waals surface area contributed by atoms with Crippen LogP contribution in [0.3, 0.4) is 0 Å². The van der Waals surface area contributed by atoms with E-state index in [1.54, 1.807) is 0 Å². The molecule has 2 aliphatic rings. The Bertz CT molecular complexity index is 1420. The lowest BCUT2D eigenvalue weighted by Crippen LogP contribution is -2.35. The maximum Gasteiger partial charge on any atom is 0.234 e. The molecule has 3 aromatic carbocycles. The van der Waals surface area contributed by atoms with Crippen LogP contribution in [0, 0.1) is 5.92 Å². The van der Waals surface area contributed by atoms with Crippen molar-refractivity contribution in [2.45, 2.75) is 45.4 Å². The summed E-state index contributed by atoms with van der Waals surface area (Å²) in [6.07, 6.45) is 6.83. The summed E-state index contributed by atoms with van der Waals surface area (Å²) >= 11 is 0. The van der Waals surface area contributed by atoms with Gasteiger partial charge in [-0.1, -0.05) is 86.7 Å². The van der Waals surface area contributed by atoms with Crippen molar-refractivity contribution in [1.82, 2.24) is 0 Å². The van der Waals surface area contributed by atoms with Gasteiger partial charge >= 0.3 is 0 Å². The monoisotopic (exact) mass is 533 g/mol. The van der Waals surface area contributed by atoms with Crippen LogP contribution in [0.1, 0.15) is 50.2 Å². The zero-order valence-corrected chi connectivity index (χ0v) is 23.5. The Kier molecular flexibility index (Phi) is 9.81. The third-order valence-electron chi connectivity index (χ3n) is 7.21. The number of aliphatic imine (C=N–C) groups is 2. The molecule has 1 fully saturated rings. The molecule has 1 saturated carbocycles. The van der Waals surface area contributed by atoms with Crippen LogP contribution in [-0.4, -0.2) is 25.1 Å². The molecule has 0 bridgehead atoms. The van der Waals surface area contributed by atoms with E-state index in [0.717, 1.165) is 59.6 Å². The lowest BCUT2D eigenvalue weighted by Gasteiger charge is -2.34. The van der Waals surface area contributed by atoms with E-state index in [2.05, 4.69) is 77.7 Å². The van der Waals surface area contributed by atoms with Gasteiger partial charge in [-0.2, -0.15) is 4.99 Å². The molecular formula is C34H39N5O. The molecule has 1 amide bonds. The van der Waals surface area contributed by atoms with Gasteiger partial charge in [0, 0.05) is 40.6 Å². The third-order valence-corrected chi connectivity index (χ3v) is 7.21. The maximum absolute atomic E-state index is 10.9. The van der Waals surface area contributed by atoms with E-state index in [1.807, 2.05) is 30.3 Å². The number of amidine groups is 2. The Morgan fingerprint density at radius 3 is 2.35 bits per heavy atom. The second-order valence-corrected chi connectivity index (χ2v) is 9.93. The van der Waals surface area contributed by atoms with Crippen LogP contribution in [0.25, 0.3) is 11.1 Å². The van der Waals surface area contributed by atoms with E-state index < -0.39 is 0 Å². The summed E-state index contributed by atoms with van der Waals surface area (Å²) in [5, 5.41) is 0. The van der Waals surface area contributed by atoms with Crippen molar-refractivity contribution in [1.29, 1.82) is 0 Å². The second kappa shape index (κ2) is 13.7. The number of para-hydroxylation sites is 1. The Hall–Kier alpha value is -4.29. The molecule has 3 aromatic rings. The SMILES string of the molecule is C=C1C(Cc2ccc(-c3ccccc3C(N)=NC=O)cc2)=C(CCCC)N=C(C2CC2)N1c1ccccc1.CN. The van der Waals surface area contributed by atoms with E-state index >= 15 is 0 Å². The average molecular weight is 534 g/mol. The fourth-order valence-electron chi connectivity index (χ4n) is 5.02. The van der Waals surface area contributed by atoms with Crippen molar-refractivity contribution in [2.75, 3.05) is 11.9 Å². The molecular weight excluding hydrogens is 494 g/mol. The van der Waals surface area contributed by atoms with Crippen LogP contribution in [0.15, 0.2) is 112 Å². The fourth-order valence-corrected chi connectivity index (χ4v) is 5.02. The van der Waals surface area contributed by atoms with Gasteiger partial charge in [0.2, 0.25) is 6.41 Å². The Morgan fingerprint density at radius 2 is 1.70 bits per heavy atom. The van der Waals surface area contributed by atoms with Gasteiger partial charge in [0.05, 0.1) is 0 Å². The lowest BCUT2D eigenvalue weighted by molar-refractivity contribution is -0.106. The Morgan fingerprint density at radius 1 is 1.02 bits per heavy atom. The van der Waals surface area contributed by atoms with Crippen molar-refractivity contribution in [3.05, 3.63) is 114 Å². The predicted octanol–water partition coefficient (Wildman–Crippen LogP) is 6.62. The highest BCUT2D eigenvalue weighted by Crippen LogP contribution is 2.41. The molecule has 0 atom stereocenters. The summed E-state index contributed by atoms with van der Waals surface area (Å²) in [4.78, 5) is 22.2. The van der Waals surface area contributed by atoms with Crippen molar-refractivity contribution in [2.24, 2.45) is 27.4 Å². The number of hydrogen-bond donors (Lipinski definition) is 2. The molecule has 0 spiro atoms. The zero-order chi connectivity index (χ0) is 28.5. The molecule has 5 rings (SSSR count). The standard InChI is InChI=1S/C33H34N4O.CH5N/c1-3-4-14-31-30(23(2)37(27-10-6-5-7-11-27)33(36-31)26-19-20-26)21-24-15-17-25(18-16-24)28-12-8-9-13-29(28)32(34)35-22-38;1-2/h5-13,15-18,22,26H,2-4,14,19-21H2,1H3,(H2,34,35,38);2H2,1H3. The molecule has 1 heterocycles. The van der Waals surface area contributed by atoms with Crippen LogP contribution < -0.4 is 16.4 Å². The molecule has 0 radical (unpaired) electrons. The molecule has 4 N–H and O–H groups in total. The molecule has 6 nitrogen and oxygen atoms in total. The first kappa shape index (κ1) is 28.7. The van der Waals surface area contributed by atoms with E-state index in [1.165, 1.54) is 36.7 Å². The highest BCUT2D eigenvalue weighted by Gasteiger charge is 2.37. The van der Waals surface area contributed by atoms with E-state index in [9.17, 15) is 4.79 Å². The molecule has 0 saturated heterocycles. The Labute approximate surface area is 237 Å². The van der Waals surface area contributed by atoms with Gasteiger partial charge in [0.25, 0.3) is 0 Å². The number of rotatable bonds is 10. The summed E-state index contributed by atoms with van der Waals surface area (Å²) in [5.74, 6) is 1.88. The van der Waals surface area contributed by atoms with Crippen LogP contribution in [0.4, 0.5) is 5.69 Å². The Balaban J connectivity index is 0.00000181. The number of carbonyl (C=O) groups is 1. The van der Waals surface area contributed by atoms with Crippen molar-refractivity contribution < 1.29 is 4.79 Å². The highest BCUT2D eigenvalue weighted by molar-refractivity contribution is 6.06. The van der Waals surface area contributed by atoms with E-state index in [4.69, 9.17) is 10.7 Å². The molecule has 1 aliphatic heterocycles. The van der Waals surface area contributed by atoms with Crippen molar-refractivity contribution >= 4 is 23.8 Å². The number of allylic oxidation sites excluding steroid dienone is 2. The summed E-state index contributed by atoms with van der Waals surface area (Å²) in [6.45, 7) is 6.84. The highest BCUT2D eigenvalue weighted by atomic mass is 16.1. The summed E-state index contributed by atoms with van der Waals surface area (Å²) in [7, 11) is 1.50. The number of amides is 1. The van der Waals surface area contributed by atoms with E-state index in [-0.39, 0.29) is 5.84 Å². The first-order valence-corrected chi connectivity index (χ1v) is 14.0. The number of benzene rings is 3. The topological polar surface area (TPSA) is 97.1 Å². The minimum absolute atomic E-state index is 0.217. The number of anilines is 1. The van der Waals surface area contributed by atoms with Gasteiger partial charge in [-0.15, -0.1) is 0 Å². The maximum atomic E-state index is 10.9. The zero-order valence-electron chi connectivity index (χ0n) is 23.5. The smallest absolute Gasteiger partial charge is 0.234 e. The average Bonchev–Trinajstić information content (AvgIpc) is 3.85. The number of unbranched alkanes of at least 4 members (excludes halogenated alkanes) is 1. The predicted molar refractivity (Wildman–Crippen MR) is 167 cm³/mol. The summed E-state index contributed by atoms with van der Waals surface area (Å²) in [6, 6.07) is 26.8. The number of nitrogens with two attached hydrogens (primary N) is 2. The molecule has 0 unspecified atom stereocenters. The molecule has 1 aliphatic carbocycles.